The molecule has 28 heavy (non-hydrogen) atoms. The van der Waals surface area contributed by atoms with E-state index in [-0.39, 0.29) is 18.5 Å². The number of anilines is 1. The van der Waals surface area contributed by atoms with E-state index in [1.54, 1.807) is 18.2 Å². The summed E-state index contributed by atoms with van der Waals surface area (Å²) in [5, 5.41) is 0.487. The van der Waals surface area contributed by atoms with Crippen LogP contribution in [0.15, 0.2) is 51.7 Å². The summed E-state index contributed by atoms with van der Waals surface area (Å²) < 4.78 is 6.59. The smallest absolute Gasteiger partial charge is 0.408 e. The summed E-state index contributed by atoms with van der Waals surface area (Å²) >= 11 is 5.95. The number of aromatic nitrogens is 1. The monoisotopic (exact) mass is 399 g/mol. The van der Waals surface area contributed by atoms with Gasteiger partial charge in [-0.15, -0.1) is 0 Å². The first-order valence-corrected chi connectivity index (χ1v) is 9.70. The summed E-state index contributed by atoms with van der Waals surface area (Å²) in [6.45, 7) is 6.14. The van der Waals surface area contributed by atoms with Gasteiger partial charge in [0.25, 0.3) is 0 Å². The maximum Gasteiger partial charge on any atom is 0.420 e. The van der Waals surface area contributed by atoms with E-state index >= 15 is 0 Å². The van der Waals surface area contributed by atoms with E-state index in [0.29, 0.717) is 29.2 Å². The maximum atomic E-state index is 12.9. The molecule has 4 rings (SSSR count). The van der Waals surface area contributed by atoms with E-state index in [2.05, 4.69) is 43.0 Å². The highest BCUT2D eigenvalue weighted by molar-refractivity contribution is 6.31. The van der Waals surface area contributed by atoms with Crippen LogP contribution in [-0.2, 0) is 11.3 Å². The van der Waals surface area contributed by atoms with Crippen LogP contribution in [0, 0.1) is 6.92 Å². The van der Waals surface area contributed by atoms with E-state index in [9.17, 15) is 9.59 Å². The predicted octanol–water partition coefficient (Wildman–Crippen LogP) is 3.29. The average molecular weight is 400 g/mol. The number of hydrogen-bond acceptors (Lipinski definition) is 4. The Morgan fingerprint density at radius 3 is 2.79 bits per heavy atom. The molecule has 2 aromatic carbocycles. The Morgan fingerprint density at radius 1 is 1.21 bits per heavy atom. The number of halogens is 1. The molecule has 0 radical (unpaired) electrons. The van der Waals surface area contributed by atoms with Crippen LogP contribution in [0.3, 0.4) is 0 Å². The fraction of sp³-hybridized carbons (Fsp3) is 0.333. The molecule has 3 aromatic rings. The average Bonchev–Trinajstić information content (AvgIpc) is 2.96. The number of benzene rings is 2. The normalized spacial score (nSPS) is 17.3. The molecule has 1 atom stereocenters. The van der Waals surface area contributed by atoms with Gasteiger partial charge >= 0.3 is 5.76 Å². The number of carbonyl (C=O) groups is 1. The molecule has 0 unspecified atom stereocenters. The number of aryl methyl sites for hydroxylation is 1. The largest absolute Gasteiger partial charge is 0.420 e. The van der Waals surface area contributed by atoms with Crippen LogP contribution in [0.1, 0.15) is 12.5 Å². The van der Waals surface area contributed by atoms with Crippen molar-refractivity contribution in [2.75, 3.05) is 24.5 Å². The Kier molecular flexibility index (Phi) is 4.89. The van der Waals surface area contributed by atoms with Gasteiger partial charge in [-0.25, -0.2) is 4.79 Å². The Labute approximate surface area is 167 Å². The molecule has 1 aliphatic heterocycles. The van der Waals surface area contributed by atoms with Crippen molar-refractivity contribution in [1.82, 2.24) is 9.47 Å². The number of fused-ring (bicyclic) bond motifs is 1. The molecule has 0 bridgehead atoms. The van der Waals surface area contributed by atoms with Crippen LogP contribution in [0.4, 0.5) is 5.69 Å². The van der Waals surface area contributed by atoms with E-state index in [0.717, 1.165) is 6.54 Å². The van der Waals surface area contributed by atoms with Crippen molar-refractivity contribution in [2.24, 2.45) is 0 Å². The molecule has 7 heteroatoms. The lowest BCUT2D eigenvalue weighted by atomic mass is 10.1. The van der Waals surface area contributed by atoms with Gasteiger partial charge in [0.1, 0.15) is 6.54 Å². The molecule has 146 valence electrons. The number of amides is 1. The van der Waals surface area contributed by atoms with E-state index < -0.39 is 5.76 Å². The summed E-state index contributed by atoms with van der Waals surface area (Å²) in [4.78, 5) is 29.2. The highest BCUT2D eigenvalue weighted by atomic mass is 35.5. The van der Waals surface area contributed by atoms with Crippen LogP contribution in [0.5, 0.6) is 0 Å². The quantitative estimate of drug-likeness (QED) is 0.678. The van der Waals surface area contributed by atoms with E-state index in [1.165, 1.54) is 15.8 Å². The standard InChI is InChI=1S/C21H22ClN3O3/c1-14-4-3-5-17(10-14)24-9-8-23(12-15(24)2)20(26)13-25-18-7-6-16(22)11-19(18)28-21(25)27/h3-7,10-11,15H,8-9,12-13H2,1-2H3/t15-/m0/s1. The predicted molar refractivity (Wildman–Crippen MR) is 110 cm³/mol. The maximum absolute atomic E-state index is 12.9. The highest BCUT2D eigenvalue weighted by Gasteiger charge is 2.27. The minimum absolute atomic E-state index is 0.0371. The van der Waals surface area contributed by atoms with Gasteiger partial charge in [-0.05, 0) is 43.7 Å². The summed E-state index contributed by atoms with van der Waals surface area (Å²) in [5.41, 5.74) is 3.36. The van der Waals surface area contributed by atoms with Gasteiger partial charge in [0.05, 0.1) is 5.52 Å². The number of nitrogens with zero attached hydrogens (tertiary/aromatic N) is 3. The number of rotatable bonds is 3. The van der Waals surface area contributed by atoms with E-state index in [4.69, 9.17) is 16.0 Å². The zero-order valence-electron chi connectivity index (χ0n) is 15.9. The molecule has 1 saturated heterocycles. The third-order valence-electron chi connectivity index (χ3n) is 5.24. The highest BCUT2D eigenvalue weighted by Crippen LogP contribution is 2.22. The van der Waals surface area contributed by atoms with Gasteiger partial charge in [0.2, 0.25) is 5.91 Å². The van der Waals surface area contributed by atoms with Gasteiger partial charge in [0.15, 0.2) is 5.58 Å². The Bertz CT molecular complexity index is 1090. The fourth-order valence-corrected chi connectivity index (χ4v) is 3.96. The molecule has 1 amide bonds. The van der Waals surface area contributed by atoms with Crippen LogP contribution < -0.4 is 10.7 Å². The van der Waals surface area contributed by atoms with Crippen molar-refractivity contribution in [2.45, 2.75) is 26.4 Å². The van der Waals surface area contributed by atoms with Crippen molar-refractivity contribution >= 4 is 34.3 Å². The third-order valence-corrected chi connectivity index (χ3v) is 5.47. The van der Waals surface area contributed by atoms with Crippen LogP contribution >= 0.6 is 11.6 Å². The Hall–Kier alpha value is -2.73. The molecular weight excluding hydrogens is 378 g/mol. The van der Waals surface area contributed by atoms with Gasteiger partial charge in [-0.1, -0.05) is 23.7 Å². The molecule has 1 aliphatic rings. The minimum atomic E-state index is -0.544. The minimum Gasteiger partial charge on any atom is -0.408 e. The third kappa shape index (κ3) is 3.52. The van der Waals surface area contributed by atoms with Crippen molar-refractivity contribution in [1.29, 1.82) is 0 Å². The van der Waals surface area contributed by atoms with Crippen molar-refractivity contribution < 1.29 is 9.21 Å². The molecule has 0 aliphatic carbocycles. The lowest BCUT2D eigenvalue weighted by Gasteiger charge is -2.41. The molecule has 6 nitrogen and oxygen atoms in total. The zero-order chi connectivity index (χ0) is 19.8. The van der Waals surface area contributed by atoms with Gasteiger partial charge in [-0.3, -0.25) is 9.36 Å². The molecule has 0 spiro atoms. The van der Waals surface area contributed by atoms with Crippen molar-refractivity contribution in [3.8, 4) is 0 Å². The number of hydrogen-bond donors (Lipinski definition) is 0. The molecule has 0 saturated carbocycles. The first kappa shape index (κ1) is 18.6. The Balaban J connectivity index is 1.48. The van der Waals surface area contributed by atoms with Crippen LogP contribution in [-0.4, -0.2) is 41.1 Å². The lowest BCUT2D eigenvalue weighted by molar-refractivity contribution is -0.132. The molecule has 0 N–H and O–H groups in total. The second-order valence-corrected chi connectivity index (χ2v) is 7.72. The van der Waals surface area contributed by atoms with Crippen molar-refractivity contribution in [3.63, 3.8) is 0 Å². The SMILES string of the molecule is Cc1cccc(N2CCN(C(=O)Cn3c(=O)oc4cc(Cl)ccc43)C[C@@H]2C)c1. The summed E-state index contributed by atoms with van der Waals surface area (Å²) in [6, 6.07) is 13.6. The summed E-state index contributed by atoms with van der Waals surface area (Å²) in [6.07, 6.45) is 0. The first-order valence-electron chi connectivity index (χ1n) is 9.32. The van der Waals surface area contributed by atoms with Crippen molar-refractivity contribution in [3.05, 3.63) is 63.6 Å². The molecular formula is C21H22ClN3O3. The van der Waals surface area contributed by atoms with Gasteiger partial charge in [-0.2, -0.15) is 0 Å². The van der Waals surface area contributed by atoms with Gasteiger partial charge < -0.3 is 14.2 Å². The number of carbonyl (C=O) groups excluding carboxylic acids is 1. The zero-order valence-corrected chi connectivity index (χ0v) is 16.6. The first-order chi connectivity index (χ1) is 13.4. The summed E-state index contributed by atoms with van der Waals surface area (Å²) in [5.74, 6) is -0.632. The van der Waals surface area contributed by atoms with E-state index in [1.807, 2.05) is 4.90 Å². The molecule has 1 aromatic heterocycles. The topological polar surface area (TPSA) is 58.7 Å². The van der Waals surface area contributed by atoms with Crippen LogP contribution in [0.25, 0.3) is 11.1 Å². The Morgan fingerprint density at radius 2 is 2.04 bits per heavy atom. The molecule has 1 fully saturated rings. The fourth-order valence-electron chi connectivity index (χ4n) is 3.80. The molecule has 2 heterocycles. The summed E-state index contributed by atoms with van der Waals surface area (Å²) in [7, 11) is 0. The number of oxazole rings is 1. The second kappa shape index (κ2) is 7.36. The number of piperazine rings is 1. The second-order valence-electron chi connectivity index (χ2n) is 7.29. The van der Waals surface area contributed by atoms with Crippen LogP contribution in [0.2, 0.25) is 5.02 Å². The lowest BCUT2D eigenvalue weighted by Crippen LogP contribution is -2.54. The van der Waals surface area contributed by atoms with Gasteiger partial charge in [0, 0.05) is 42.5 Å².